The number of hydrogen-bond donors (Lipinski definition) is 2. The van der Waals surface area contributed by atoms with Gasteiger partial charge in [-0.15, -0.1) is 11.3 Å². The second kappa shape index (κ2) is 7.90. The fourth-order valence-corrected chi connectivity index (χ4v) is 4.35. The van der Waals surface area contributed by atoms with E-state index in [1.54, 1.807) is 29.9 Å². The third-order valence-corrected chi connectivity index (χ3v) is 6.64. The summed E-state index contributed by atoms with van der Waals surface area (Å²) in [6.45, 7) is 4.52. The molecule has 0 aliphatic rings. The van der Waals surface area contributed by atoms with Crippen LogP contribution in [0.3, 0.4) is 0 Å². The van der Waals surface area contributed by atoms with Crippen molar-refractivity contribution >= 4 is 27.2 Å². The average Bonchev–Trinajstić information content (AvgIpc) is 3.18. The summed E-state index contributed by atoms with van der Waals surface area (Å²) < 4.78 is 27.1. The topological polar surface area (TPSA) is 96.9 Å². The predicted octanol–water partition coefficient (Wildman–Crippen LogP) is 2.61. The fourth-order valence-electron chi connectivity index (χ4n) is 2.28. The molecule has 0 aliphatic heterocycles. The van der Waals surface area contributed by atoms with Gasteiger partial charge in [0.2, 0.25) is 10.0 Å². The molecule has 0 aliphatic carbocycles. The van der Waals surface area contributed by atoms with E-state index in [1.165, 1.54) is 11.3 Å². The van der Waals surface area contributed by atoms with E-state index in [0.29, 0.717) is 22.4 Å². The summed E-state index contributed by atoms with van der Waals surface area (Å²) in [5.41, 5.74) is 2.62. The van der Waals surface area contributed by atoms with Crippen LogP contribution in [0.5, 0.6) is 0 Å². The highest BCUT2D eigenvalue weighted by atomic mass is 32.2. The van der Waals surface area contributed by atoms with Crippen LogP contribution >= 0.6 is 11.3 Å². The Morgan fingerprint density at radius 3 is 2.65 bits per heavy atom. The van der Waals surface area contributed by atoms with Gasteiger partial charge in [0.1, 0.15) is 10.0 Å². The molecular weight excluding hydrogens is 370 g/mol. The van der Waals surface area contributed by atoms with Crippen molar-refractivity contribution in [3.8, 4) is 11.4 Å². The monoisotopic (exact) mass is 389 g/mol. The Morgan fingerprint density at radius 1 is 1.12 bits per heavy atom. The minimum absolute atomic E-state index is 0.255. The summed E-state index contributed by atoms with van der Waals surface area (Å²) in [7, 11) is -3.45. The van der Waals surface area contributed by atoms with Crippen LogP contribution in [0.1, 0.15) is 11.3 Å². The quantitative estimate of drug-likeness (QED) is 0.603. The second-order valence-electron chi connectivity index (χ2n) is 5.60. The maximum absolute atomic E-state index is 12.1. The van der Waals surface area contributed by atoms with Crippen LogP contribution in [0.2, 0.25) is 0 Å². The largest absolute Gasteiger partial charge is 0.368 e. The van der Waals surface area contributed by atoms with E-state index in [4.69, 9.17) is 0 Å². The number of anilines is 1. The van der Waals surface area contributed by atoms with Crippen molar-refractivity contribution in [2.45, 2.75) is 18.1 Å². The molecule has 7 nitrogen and oxygen atoms in total. The maximum atomic E-state index is 12.1. The lowest BCUT2D eigenvalue weighted by atomic mass is 10.2. The lowest BCUT2D eigenvalue weighted by molar-refractivity contribution is 0.585. The summed E-state index contributed by atoms with van der Waals surface area (Å²) in [6.07, 6.45) is 3.41. The molecule has 0 spiro atoms. The first-order valence-electron chi connectivity index (χ1n) is 8.00. The molecule has 0 atom stereocenters. The van der Waals surface area contributed by atoms with E-state index in [2.05, 4.69) is 25.0 Å². The summed E-state index contributed by atoms with van der Waals surface area (Å²) in [6, 6.07) is 7.03. The standard InChI is InChI=1S/C17H19N5O2S2/c1-12-13(2)21-17(14-5-3-7-18-11-14)22-16(12)19-8-9-20-26(23,24)15-6-4-10-25-15/h3-7,10-11,20H,8-9H2,1-2H3,(H,19,21,22). The first-order chi connectivity index (χ1) is 12.5. The maximum Gasteiger partial charge on any atom is 0.250 e. The second-order valence-corrected chi connectivity index (χ2v) is 8.55. The highest BCUT2D eigenvalue weighted by Gasteiger charge is 2.14. The van der Waals surface area contributed by atoms with E-state index >= 15 is 0 Å². The van der Waals surface area contributed by atoms with Gasteiger partial charge in [-0.2, -0.15) is 0 Å². The highest BCUT2D eigenvalue weighted by Crippen LogP contribution is 2.21. The Hall–Kier alpha value is -2.36. The van der Waals surface area contributed by atoms with Crippen LogP contribution in [-0.4, -0.2) is 36.5 Å². The minimum atomic E-state index is -3.45. The van der Waals surface area contributed by atoms with Crippen molar-refractivity contribution in [1.29, 1.82) is 0 Å². The lowest BCUT2D eigenvalue weighted by Gasteiger charge is -2.12. The van der Waals surface area contributed by atoms with Gasteiger partial charge in [-0.05, 0) is 37.4 Å². The molecule has 9 heteroatoms. The zero-order valence-corrected chi connectivity index (χ0v) is 16.1. The van der Waals surface area contributed by atoms with Crippen molar-refractivity contribution in [3.63, 3.8) is 0 Å². The Kier molecular flexibility index (Phi) is 5.60. The molecule has 0 fully saturated rings. The molecule has 0 bridgehead atoms. The van der Waals surface area contributed by atoms with Gasteiger partial charge in [0.15, 0.2) is 5.82 Å². The van der Waals surface area contributed by atoms with Crippen molar-refractivity contribution < 1.29 is 8.42 Å². The normalized spacial score (nSPS) is 11.5. The van der Waals surface area contributed by atoms with Gasteiger partial charge in [-0.25, -0.2) is 23.1 Å². The van der Waals surface area contributed by atoms with Crippen LogP contribution in [0.15, 0.2) is 46.2 Å². The number of rotatable bonds is 7. The van der Waals surface area contributed by atoms with E-state index in [0.717, 1.165) is 16.8 Å². The molecule has 0 unspecified atom stereocenters. The number of aryl methyl sites for hydroxylation is 1. The van der Waals surface area contributed by atoms with Crippen LogP contribution in [0.4, 0.5) is 5.82 Å². The summed E-state index contributed by atoms with van der Waals surface area (Å²) in [5.74, 6) is 1.27. The number of pyridine rings is 1. The molecule has 0 radical (unpaired) electrons. The van der Waals surface area contributed by atoms with E-state index in [9.17, 15) is 8.42 Å². The smallest absolute Gasteiger partial charge is 0.250 e. The first-order valence-corrected chi connectivity index (χ1v) is 10.4. The molecule has 0 saturated heterocycles. The van der Waals surface area contributed by atoms with Gasteiger partial charge in [-0.1, -0.05) is 6.07 Å². The van der Waals surface area contributed by atoms with Gasteiger partial charge in [0.05, 0.1) is 0 Å². The molecule has 0 amide bonds. The van der Waals surface area contributed by atoms with Crippen molar-refractivity contribution in [2.24, 2.45) is 0 Å². The Balaban J connectivity index is 1.67. The van der Waals surface area contributed by atoms with Crippen molar-refractivity contribution in [3.05, 3.63) is 53.3 Å². The van der Waals surface area contributed by atoms with Crippen molar-refractivity contribution in [2.75, 3.05) is 18.4 Å². The third-order valence-electron chi connectivity index (χ3n) is 3.78. The number of nitrogens with zero attached hydrogens (tertiary/aromatic N) is 3. The zero-order valence-electron chi connectivity index (χ0n) is 14.4. The van der Waals surface area contributed by atoms with Crippen LogP contribution in [0, 0.1) is 13.8 Å². The Labute approximate surface area is 156 Å². The van der Waals surface area contributed by atoms with E-state index < -0.39 is 10.0 Å². The molecule has 136 valence electrons. The van der Waals surface area contributed by atoms with Gasteiger partial charge in [0, 0.05) is 42.3 Å². The first kappa shape index (κ1) is 18.4. The van der Waals surface area contributed by atoms with Gasteiger partial charge in [0.25, 0.3) is 0 Å². The number of hydrogen-bond acceptors (Lipinski definition) is 7. The molecule has 0 aromatic carbocycles. The lowest BCUT2D eigenvalue weighted by Crippen LogP contribution is -2.28. The van der Waals surface area contributed by atoms with Crippen LogP contribution in [-0.2, 0) is 10.0 Å². The third kappa shape index (κ3) is 4.24. The molecule has 3 heterocycles. The summed E-state index contributed by atoms with van der Waals surface area (Å²) in [5, 5.41) is 4.92. The number of sulfonamides is 1. The minimum Gasteiger partial charge on any atom is -0.368 e. The molecule has 3 aromatic heterocycles. The predicted molar refractivity (Wildman–Crippen MR) is 103 cm³/mol. The number of thiophene rings is 1. The molecular formula is C17H19N5O2S2. The van der Waals surface area contributed by atoms with Crippen molar-refractivity contribution in [1.82, 2.24) is 19.7 Å². The molecule has 3 rings (SSSR count). The van der Waals surface area contributed by atoms with E-state index in [-0.39, 0.29) is 6.54 Å². The number of nitrogens with one attached hydrogen (secondary N) is 2. The number of aromatic nitrogens is 3. The molecule has 3 aromatic rings. The van der Waals surface area contributed by atoms with E-state index in [1.807, 2.05) is 26.0 Å². The summed E-state index contributed by atoms with van der Waals surface area (Å²) in [4.78, 5) is 13.1. The SMILES string of the molecule is Cc1nc(-c2cccnc2)nc(NCCNS(=O)(=O)c2cccs2)c1C. The molecule has 0 saturated carbocycles. The molecule has 2 N–H and O–H groups in total. The Bertz CT molecular complexity index is 974. The van der Waals surface area contributed by atoms with Crippen LogP contribution in [0.25, 0.3) is 11.4 Å². The van der Waals surface area contributed by atoms with Gasteiger partial charge >= 0.3 is 0 Å². The van der Waals surface area contributed by atoms with Gasteiger partial charge < -0.3 is 5.32 Å². The van der Waals surface area contributed by atoms with Crippen LogP contribution < -0.4 is 10.0 Å². The summed E-state index contributed by atoms with van der Waals surface area (Å²) >= 11 is 1.19. The fraction of sp³-hybridized carbons (Fsp3) is 0.235. The average molecular weight is 390 g/mol. The van der Waals surface area contributed by atoms with Gasteiger partial charge in [-0.3, -0.25) is 4.98 Å². The molecule has 26 heavy (non-hydrogen) atoms. The Morgan fingerprint density at radius 2 is 1.96 bits per heavy atom. The highest BCUT2D eigenvalue weighted by molar-refractivity contribution is 7.91. The zero-order chi connectivity index (χ0) is 18.6.